The van der Waals surface area contributed by atoms with E-state index in [1.807, 2.05) is 13.1 Å². The number of hydrazine groups is 1. The van der Waals surface area contributed by atoms with E-state index in [9.17, 15) is 0 Å². The smallest absolute Gasteiger partial charge is 0.239 e. The molecule has 1 unspecified atom stereocenters. The Kier molecular flexibility index (Phi) is 3.98. The molecule has 100 valence electrons. The van der Waals surface area contributed by atoms with Gasteiger partial charge in [0.15, 0.2) is 0 Å². The van der Waals surface area contributed by atoms with E-state index >= 15 is 0 Å². The highest BCUT2D eigenvalue weighted by Crippen LogP contribution is 2.21. The van der Waals surface area contributed by atoms with E-state index in [0.717, 1.165) is 37.4 Å². The van der Waals surface area contributed by atoms with E-state index in [0.29, 0.717) is 12.0 Å². The Morgan fingerprint density at radius 3 is 2.94 bits per heavy atom. The molecule has 1 atom stereocenters. The Balaban J connectivity index is 2.20. The van der Waals surface area contributed by atoms with Crippen molar-refractivity contribution in [2.75, 3.05) is 37.0 Å². The molecule has 18 heavy (non-hydrogen) atoms. The van der Waals surface area contributed by atoms with Gasteiger partial charge < -0.3 is 4.90 Å². The van der Waals surface area contributed by atoms with Gasteiger partial charge in [-0.2, -0.15) is 4.98 Å². The van der Waals surface area contributed by atoms with Crippen molar-refractivity contribution >= 4 is 11.8 Å². The molecule has 0 spiro atoms. The van der Waals surface area contributed by atoms with Crippen LogP contribution in [0.25, 0.3) is 0 Å². The number of nitrogen functional groups attached to an aromatic ring is 1. The number of nitrogens with one attached hydrogen (secondary N) is 1. The Bertz CT molecular complexity index is 408. The number of nitrogens with zero attached hydrogens (tertiary/aromatic N) is 4. The van der Waals surface area contributed by atoms with Gasteiger partial charge in [0, 0.05) is 37.4 Å². The van der Waals surface area contributed by atoms with Crippen LogP contribution in [0, 0.1) is 6.92 Å². The van der Waals surface area contributed by atoms with E-state index in [1.54, 1.807) is 0 Å². The number of nitrogens with two attached hydrogens (primary N) is 1. The van der Waals surface area contributed by atoms with Gasteiger partial charge in [0.25, 0.3) is 0 Å². The van der Waals surface area contributed by atoms with Gasteiger partial charge in [-0.3, -0.25) is 10.3 Å². The van der Waals surface area contributed by atoms with Crippen molar-refractivity contribution in [3.8, 4) is 0 Å². The maximum absolute atomic E-state index is 5.37. The summed E-state index contributed by atoms with van der Waals surface area (Å²) in [4.78, 5) is 13.3. The first kappa shape index (κ1) is 13.0. The number of hydrogen-bond acceptors (Lipinski definition) is 6. The molecule has 1 aromatic heterocycles. The lowest BCUT2D eigenvalue weighted by Crippen LogP contribution is -2.51. The molecule has 1 fully saturated rings. The first-order chi connectivity index (χ1) is 8.65. The van der Waals surface area contributed by atoms with Gasteiger partial charge in [0.2, 0.25) is 5.95 Å². The summed E-state index contributed by atoms with van der Waals surface area (Å²) in [5, 5.41) is 0. The van der Waals surface area contributed by atoms with Crippen LogP contribution >= 0.6 is 0 Å². The van der Waals surface area contributed by atoms with E-state index in [-0.39, 0.29) is 0 Å². The van der Waals surface area contributed by atoms with Crippen LogP contribution in [0.4, 0.5) is 11.8 Å². The summed E-state index contributed by atoms with van der Waals surface area (Å²) in [6, 6.07) is 0.586. The summed E-state index contributed by atoms with van der Waals surface area (Å²) in [7, 11) is 2.19. The number of hydrogen-bond donors (Lipinski definition) is 2. The third kappa shape index (κ3) is 2.54. The predicted octanol–water partition coefficient (Wildman–Crippen LogP) is 0.601. The van der Waals surface area contributed by atoms with E-state index in [1.165, 1.54) is 0 Å². The lowest BCUT2D eigenvalue weighted by Gasteiger charge is -2.40. The van der Waals surface area contributed by atoms with Crippen LogP contribution in [0.1, 0.15) is 18.9 Å². The highest BCUT2D eigenvalue weighted by molar-refractivity contribution is 5.49. The van der Waals surface area contributed by atoms with Crippen LogP contribution in [0.15, 0.2) is 6.20 Å². The number of rotatable bonds is 3. The van der Waals surface area contributed by atoms with Crippen molar-refractivity contribution in [3.05, 3.63) is 11.8 Å². The van der Waals surface area contributed by atoms with Crippen molar-refractivity contribution < 1.29 is 0 Å². The zero-order valence-electron chi connectivity index (χ0n) is 11.3. The van der Waals surface area contributed by atoms with Crippen LogP contribution in [0.2, 0.25) is 0 Å². The molecule has 6 heteroatoms. The van der Waals surface area contributed by atoms with E-state index < -0.39 is 0 Å². The molecule has 1 aliphatic rings. The van der Waals surface area contributed by atoms with Gasteiger partial charge in [-0.05, 0) is 20.4 Å². The second kappa shape index (κ2) is 5.49. The summed E-state index contributed by atoms with van der Waals surface area (Å²) in [5.41, 5.74) is 3.60. The zero-order valence-corrected chi connectivity index (χ0v) is 11.3. The van der Waals surface area contributed by atoms with Crippen LogP contribution in [-0.4, -0.2) is 47.6 Å². The lowest BCUT2D eigenvalue weighted by molar-refractivity contribution is 0.213. The number of aryl methyl sites for hydroxylation is 1. The van der Waals surface area contributed by atoms with Gasteiger partial charge >= 0.3 is 0 Å². The summed E-state index contributed by atoms with van der Waals surface area (Å²) in [6.45, 7) is 7.33. The number of likely N-dealkylation sites (N-methyl/N-ethyl adjacent to an activating group) is 1. The average molecular weight is 250 g/mol. The molecule has 6 nitrogen and oxygen atoms in total. The minimum absolute atomic E-state index is 0.475. The molecule has 0 aromatic carbocycles. The van der Waals surface area contributed by atoms with Gasteiger partial charge in [-0.15, -0.1) is 0 Å². The molecular formula is C12H22N6. The number of piperazine rings is 1. The molecule has 1 saturated heterocycles. The molecule has 0 aliphatic carbocycles. The minimum atomic E-state index is 0.475. The number of anilines is 2. The summed E-state index contributed by atoms with van der Waals surface area (Å²) in [6.07, 6.45) is 2.97. The quantitative estimate of drug-likeness (QED) is 0.605. The standard InChI is InChI=1S/C12H22N6/c1-4-10-8-18(6-5-17(10)3)11-9(2)7-14-12(15-11)16-13/h7,10H,4-6,8,13H2,1-3H3,(H,14,15,16). The minimum Gasteiger partial charge on any atom is -0.353 e. The van der Waals surface area contributed by atoms with Crippen molar-refractivity contribution in [2.45, 2.75) is 26.3 Å². The maximum Gasteiger partial charge on any atom is 0.239 e. The molecule has 0 saturated carbocycles. The summed E-state index contributed by atoms with van der Waals surface area (Å²) >= 11 is 0. The third-order valence-corrected chi connectivity index (χ3v) is 3.62. The molecular weight excluding hydrogens is 228 g/mol. The first-order valence-corrected chi connectivity index (χ1v) is 6.41. The van der Waals surface area contributed by atoms with Crippen molar-refractivity contribution in [1.82, 2.24) is 14.9 Å². The molecule has 0 amide bonds. The molecule has 1 aromatic rings. The van der Waals surface area contributed by atoms with E-state index in [2.05, 4.69) is 39.2 Å². The fourth-order valence-corrected chi connectivity index (χ4v) is 2.40. The first-order valence-electron chi connectivity index (χ1n) is 6.41. The summed E-state index contributed by atoms with van der Waals surface area (Å²) < 4.78 is 0. The lowest BCUT2D eigenvalue weighted by atomic mass is 10.1. The highest BCUT2D eigenvalue weighted by Gasteiger charge is 2.24. The summed E-state index contributed by atoms with van der Waals surface area (Å²) in [5.74, 6) is 6.84. The van der Waals surface area contributed by atoms with Crippen LogP contribution < -0.4 is 16.2 Å². The Morgan fingerprint density at radius 2 is 2.28 bits per heavy atom. The van der Waals surface area contributed by atoms with Gasteiger partial charge in [-0.25, -0.2) is 10.8 Å². The monoisotopic (exact) mass is 250 g/mol. The molecule has 3 N–H and O–H groups in total. The maximum atomic E-state index is 5.37. The predicted molar refractivity (Wildman–Crippen MR) is 73.5 cm³/mol. The van der Waals surface area contributed by atoms with Crippen LogP contribution in [0.5, 0.6) is 0 Å². The molecule has 1 aliphatic heterocycles. The fourth-order valence-electron chi connectivity index (χ4n) is 2.40. The van der Waals surface area contributed by atoms with Crippen LogP contribution in [-0.2, 0) is 0 Å². The Labute approximate surface area is 108 Å². The van der Waals surface area contributed by atoms with Crippen molar-refractivity contribution in [2.24, 2.45) is 5.84 Å². The topological polar surface area (TPSA) is 70.3 Å². The highest BCUT2D eigenvalue weighted by atomic mass is 15.3. The van der Waals surface area contributed by atoms with Crippen molar-refractivity contribution in [3.63, 3.8) is 0 Å². The van der Waals surface area contributed by atoms with E-state index in [4.69, 9.17) is 5.84 Å². The Morgan fingerprint density at radius 1 is 1.50 bits per heavy atom. The van der Waals surface area contributed by atoms with Gasteiger partial charge in [-0.1, -0.05) is 6.92 Å². The second-order valence-electron chi connectivity index (χ2n) is 4.83. The van der Waals surface area contributed by atoms with Gasteiger partial charge in [0.05, 0.1) is 0 Å². The second-order valence-corrected chi connectivity index (χ2v) is 4.83. The van der Waals surface area contributed by atoms with Crippen molar-refractivity contribution in [1.29, 1.82) is 0 Å². The zero-order chi connectivity index (χ0) is 13.1. The molecule has 0 radical (unpaired) electrons. The fraction of sp³-hybridized carbons (Fsp3) is 0.667. The molecule has 2 heterocycles. The largest absolute Gasteiger partial charge is 0.353 e. The SMILES string of the molecule is CCC1CN(c2nc(NN)ncc2C)CCN1C. The molecule has 0 bridgehead atoms. The molecule has 2 rings (SSSR count). The normalized spacial score (nSPS) is 21.1. The van der Waals surface area contributed by atoms with Crippen LogP contribution in [0.3, 0.4) is 0 Å². The average Bonchev–Trinajstić information content (AvgIpc) is 2.40. The van der Waals surface area contributed by atoms with Gasteiger partial charge in [0.1, 0.15) is 5.82 Å². The Hall–Kier alpha value is -1.40. The third-order valence-electron chi connectivity index (χ3n) is 3.62. The number of aromatic nitrogens is 2.